The van der Waals surface area contributed by atoms with Gasteiger partial charge in [0.25, 0.3) is 0 Å². The van der Waals surface area contributed by atoms with Gasteiger partial charge >= 0.3 is 0 Å². The predicted octanol–water partition coefficient (Wildman–Crippen LogP) is 5.97. The van der Waals surface area contributed by atoms with Crippen molar-refractivity contribution < 1.29 is 23.4 Å². The summed E-state index contributed by atoms with van der Waals surface area (Å²) in [5, 5.41) is 10.9. The third kappa shape index (κ3) is 5.26. The lowest BCUT2D eigenvalue weighted by Crippen LogP contribution is -2.46. The minimum absolute atomic E-state index is 0.123. The topological polar surface area (TPSA) is 49.8 Å². The van der Waals surface area contributed by atoms with Gasteiger partial charge in [0.05, 0.1) is 19.3 Å². The van der Waals surface area contributed by atoms with E-state index in [1.54, 1.807) is 19.1 Å². The first-order chi connectivity index (χ1) is 17.7. The van der Waals surface area contributed by atoms with Gasteiger partial charge in [0, 0.05) is 31.1 Å². The number of hydrogen-bond acceptors (Lipinski definition) is 4. The second-order valence-electron chi connectivity index (χ2n) is 11.0. The fourth-order valence-corrected chi connectivity index (χ4v) is 7.33. The lowest BCUT2D eigenvalue weighted by atomic mass is 9.54. The highest BCUT2D eigenvalue weighted by Gasteiger charge is 2.57. The van der Waals surface area contributed by atoms with Crippen molar-refractivity contribution in [3.05, 3.63) is 58.9 Å². The van der Waals surface area contributed by atoms with E-state index in [0.29, 0.717) is 57.7 Å². The van der Waals surface area contributed by atoms with E-state index in [-0.39, 0.29) is 17.6 Å². The molecule has 0 aromatic rings. The van der Waals surface area contributed by atoms with Crippen LogP contribution in [0.2, 0.25) is 0 Å². The van der Waals surface area contributed by atoms with Gasteiger partial charge in [-0.15, -0.1) is 12.3 Å². The summed E-state index contributed by atoms with van der Waals surface area (Å²) in [5.41, 5.74) is 3.21. The van der Waals surface area contributed by atoms with Gasteiger partial charge < -0.3 is 14.7 Å². The lowest BCUT2D eigenvalue weighted by Gasteiger charge is -2.51. The zero-order valence-electron chi connectivity index (χ0n) is 22.1. The van der Waals surface area contributed by atoms with E-state index in [0.717, 1.165) is 36.0 Å². The third-order valence-corrected chi connectivity index (χ3v) is 9.08. The largest absolute Gasteiger partial charge is 0.393 e. The molecule has 1 N–H and O–H groups in total. The highest BCUT2D eigenvalue weighted by Crippen LogP contribution is 2.63. The second kappa shape index (κ2) is 11.5. The first-order valence-corrected chi connectivity index (χ1v) is 13.5. The van der Waals surface area contributed by atoms with Crippen LogP contribution < -0.4 is 0 Å². The Morgan fingerprint density at radius 1 is 1.24 bits per heavy atom. The molecule has 4 aliphatic carbocycles. The summed E-state index contributed by atoms with van der Waals surface area (Å²) in [6.45, 7) is 9.84. The van der Waals surface area contributed by atoms with Gasteiger partial charge in [0.2, 0.25) is 0 Å². The number of ether oxygens (including phenoxy) is 1. The molecule has 5 rings (SSSR count). The molecule has 6 heteroatoms. The fourth-order valence-electron chi connectivity index (χ4n) is 7.33. The Morgan fingerprint density at radius 2 is 1.95 bits per heavy atom. The molecule has 5 unspecified atom stereocenters. The van der Waals surface area contributed by atoms with Crippen LogP contribution in [-0.4, -0.2) is 48.2 Å². The zero-order valence-corrected chi connectivity index (χ0v) is 22.1. The maximum absolute atomic E-state index is 16.1. The van der Waals surface area contributed by atoms with Gasteiger partial charge in [-0.25, -0.2) is 8.78 Å². The monoisotopic (exact) mass is 511 g/mol. The van der Waals surface area contributed by atoms with Gasteiger partial charge in [-0.1, -0.05) is 19.1 Å². The lowest BCUT2D eigenvalue weighted by molar-refractivity contribution is -0.114. The molecule has 200 valence electrons. The van der Waals surface area contributed by atoms with E-state index < -0.39 is 29.1 Å². The molecule has 37 heavy (non-hydrogen) atoms. The van der Waals surface area contributed by atoms with Gasteiger partial charge in [-0.05, 0) is 92.1 Å². The smallest absolute Gasteiger partial charge is 0.157 e. The number of carbonyl (C=O) groups is 1. The van der Waals surface area contributed by atoms with Crippen LogP contribution in [0.3, 0.4) is 0 Å². The quantitative estimate of drug-likeness (QED) is 0.373. The Kier molecular flexibility index (Phi) is 8.56. The van der Waals surface area contributed by atoms with Crippen molar-refractivity contribution in [3.63, 3.8) is 0 Å². The molecule has 5 atom stereocenters. The number of aliphatic hydroxyl groups is 1. The number of ketones is 1. The maximum Gasteiger partial charge on any atom is 0.157 e. The number of terminal acetylenes is 1. The summed E-state index contributed by atoms with van der Waals surface area (Å²) in [6, 6.07) is 0. The van der Waals surface area contributed by atoms with Crippen molar-refractivity contribution >= 4 is 5.78 Å². The molecule has 0 spiro atoms. The summed E-state index contributed by atoms with van der Waals surface area (Å²) < 4.78 is 37.0. The molecule has 0 radical (unpaired) electrons. The standard InChI is InChI=1S/C28H35F2NO3.C3H4/c1-3-18(31-10-12-34-13-11-31)15-24(29)27(30)22-16-28(2)23(8-9-25(28)33)21-6-4-17-14-19(32)5-7-20(17)26(21)22;1-3-2/h3,14-15,21-23,25,33H,1,4-13,16H2,2H3;1H,2H3/b18-15+,27-24+;. The first-order valence-electron chi connectivity index (χ1n) is 13.5. The Morgan fingerprint density at radius 3 is 2.62 bits per heavy atom. The van der Waals surface area contributed by atoms with Gasteiger partial charge in [0.15, 0.2) is 11.6 Å². The number of aliphatic hydroxyl groups excluding tert-OH is 1. The molecule has 0 amide bonds. The van der Waals surface area contributed by atoms with Crippen LogP contribution in [-0.2, 0) is 9.53 Å². The highest BCUT2D eigenvalue weighted by atomic mass is 19.2. The first kappa shape index (κ1) is 27.5. The van der Waals surface area contributed by atoms with Crippen molar-refractivity contribution in [2.24, 2.45) is 23.2 Å². The molecule has 0 aromatic carbocycles. The van der Waals surface area contributed by atoms with Crippen LogP contribution in [0.15, 0.2) is 58.9 Å². The summed E-state index contributed by atoms with van der Waals surface area (Å²) in [5.74, 6) is 0.439. The van der Waals surface area contributed by atoms with Crippen molar-refractivity contribution in [1.29, 1.82) is 0 Å². The van der Waals surface area contributed by atoms with Gasteiger partial charge in [0.1, 0.15) is 5.83 Å². The van der Waals surface area contributed by atoms with Gasteiger partial charge in [-0.3, -0.25) is 4.79 Å². The highest BCUT2D eigenvalue weighted by molar-refractivity contribution is 5.93. The Hall–Kier alpha value is -2.49. The molecule has 2 saturated carbocycles. The molecule has 0 bridgehead atoms. The molecule has 3 fully saturated rings. The average Bonchev–Trinajstić information content (AvgIpc) is 3.20. The van der Waals surface area contributed by atoms with Crippen molar-refractivity contribution in [2.45, 2.75) is 64.9 Å². The molecule has 0 aromatic heterocycles. The number of morpholine rings is 1. The van der Waals surface area contributed by atoms with E-state index in [1.165, 1.54) is 6.08 Å². The number of nitrogens with zero attached hydrogens (tertiary/aromatic N) is 1. The summed E-state index contributed by atoms with van der Waals surface area (Å²) >= 11 is 0. The molecule has 1 heterocycles. The number of rotatable bonds is 4. The molecule has 1 aliphatic heterocycles. The van der Waals surface area contributed by atoms with Crippen molar-refractivity contribution in [1.82, 2.24) is 4.90 Å². The van der Waals surface area contributed by atoms with Crippen LogP contribution in [0, 0.1) is 35.5 Å². The minimum atomic E-state index is -0.865. The summed E-state index contributed by atoms with van der Waals surface area (Å²) in [4.78, 5) is 14.0. The maximum atomic E-state index is 16.1. The van der Waals surface area contributed by atoms with E-state index in [2.05, 4.69) is 25.8 Å². The van der Waals surface area contributed by atoms with Crippen molar-refractivity contribution in [2.75, 3.05) is 26.3 Å². The summed E-state index contributed by atoms with van der Waals surface area (Å²) in [7, 11) is 0. The Balaban J connectivity index is 0.00000102. The van der Waals surface area contributed by atoms with Crippen LogP contribution in [0.25, 0.3) is 0 Å². The van der Waals surface area contributed by atoms with Crippen LogP contribution >= 0.6 is 0 Å². The van der Waals surface area contributed by atoms with E-state index >= 15 is 8.78 Å². The fraction of sp³-hybridized carbons (Fsp3) is 0.581. The van der Waals surface area contributed by atoms with Crippen LogP contribution in [0.5, 0.6) is 0 Å². The summed E-state index contributed by atoms with van der Waals surface area (Å²) in [6.07, 6.45) is 13.3. The normalized spacial score (nSPS) is 34.2. The number of halogens is 2. The molecule has 4 nitrogen and oxygen atoms in total. The molecular formula is C31H39F2NO3. The van der Waals surface area contributed by atoms with Gasteiger partial charge in [-0.2, -0.15) is 0 Å². The molecule has 5 aliphatic rings. The van der Waals surface area contributed by atoms with Crippen molar-refractivity contribution in [3.8, 4) is 12.3 Å². The number of hydrogen-bond donors (Lipinski definition) is 1. The van der Waals surface area contributed by atoms with Crippen LogP contribution in [0.1, 0.15) is 58.8 Å². The Bertz CT molecular complexity index is 1090. The van der Waals surface area contributed by atoms with E-state index in [9.17, 15) is 9.90 Å². The predicted molar refractivity (Wildman–Crippen MR) is 141 cm³/mol. The molecular weight excluding hydrogens is 472 g/mol. The third-order valence-electron chi connectivity index (χ3n) is 9.08. The average molecular weight is 512 g/mol. The zero-order chi connectivity index (χ0) is 26.7. The van der Waals surface area contributed by atoms with Crippen LogP contribution in [0.4, 0.5) is 8.78 Å². The number of allylic oxidation sites excluding steroid dienone is 8. The Labute approximate surface area is 219 Å². The number of carbonyl (C=O) groups excluding carboxylic acids is 1. The van der Waals surface area contributed by atoms with E-state index in [1.807, 2.05) is 4.90 Å². The SMILES string of the molecule is C#CC.C=C/C(=C\C(F)=C(/F)C1CC2(C)C(O)CCC2C2CCC3=CC(=O)CCC3=C12)N1CCOCC1. The number of fused-ring (bicyclic) bond motifs is 4. The second-order valence-corrected chi connectivity index (χ2v) is 11.0. The minimum Gasteiger partial charge on any atom is -0.393 e. The van der Waals surface area contributed by atoms with E-state index in [4.69, 9.17) is 4.74 Å². The molecule has 1 saturated heterocycles.